The van der Waals surface area contributed by atoms with Gasteiger partial charge < -0.3 is 4.57 Å². The lowest BCUT2D eigenvalue weighted by Crippen LogP contribution is -2.22. The first-order chi connectivity index (χ1) is 12.5. The summed E-state index contributed by atoms with van der Waals surface area (Å²) in [6.07, 6.45) is 2.83. The van der Waals surface area contributed by atoms with Crippen molar-refractivity contribution < 1.29 is 4.79 Å². The Kier molecular flexibility index (Phi) is 5.78. The third-order valence-corrected chi connectivity index (χ3v) is 5.11. The van der Waals surface area contributed by atoms with Crippen LogP contribution in [0.25, 0.3) is 0 Å². The number of benzene rings is 1. The Bertz CT molecular complexity index is 955. The van der Waals surface area contributed by atoms with E-state index in [1.165, 1.54) is 16.9 Å². The molecule has 0 bridgehead atoms. The van der Waals surface area contributed by atoms with Crippen LogP contribution in [0, 0.1) is 12.8 Å². The summed E-state index contributed by atoms with van der Waals surface area (Å²) in [5, 5.41) is 1.00. The quantitative estimate of drug-likeness (QED) is 0.679. The Labute approximate surface area is 157 Å². The number of nitrogens with zero attached hydrogens (tertiary/aromatic N) is 3. The van der Waals surface area contributed by atoms with Crippen LogP contribution in [0.4, 0.5) is 0 Å². The first kappa shape index (κ1) is 18.3. The van der Waals surface area contributed by atoms with Crippen molar-refractivity contribution in [1.82, 2.24) is 9.55 Å². The van der Waals surface area contributed by atoms with Crippen molar-refractivity contribution in [3.63, 3.8) is 0 Å². The molecule has 3 aromatic rings. The second-order valence-corrected chi connectivity index (χ2v) is 7.79. The molecular weight excluding hydrogens is 342 g/mol. The maximum absolute atomic E-state index is 12.7. The van der Waals surface area contributed by atoms with Gasteiger partial charge in [-0.15, -0.1) is 11.3 Å². The zero-order valence-corrected chi connectivity index (χ0v) is 16.2. The van der Waals surface area contributed by atoms with Crippen LogP contribution < -0.4 is 5.49 Å². The van der Waals surface area contributed by atoms with Crippen LogP contribution in [0.1, 0.15) is 39.8 Å². The summed E-state index contributed by atoms with van der Waals surface area (Å²) < 4.78 is 1.98. The van der Waals surface area contributed by atoms with Gasteiger partial charge in [0.05, 0.1) is 10.7 Å². The highest BCUT2D eigenvalue weighted by molar-refractivity contribution is 7.13. The van der Waals surface area contributed by atoms with Gasteiger partial charge in [0.1, 0.15) is 10.4 Å². The van der Waals surface area contributed by atoms with Crippen molar-refractivity contribution in [2.45, 2.75) is 33.7 Å². The van der Waals surface area contributed by atoms with Gasteiger partial charge in [-0.1, -0.05) is 50.2 Å². The van der Waals surface area contributed by atoms with Crippen molar-refractivity contribution in [1.29, 1.82) is 0 Å². The molecule has 0 radical (unpaired) electrons. The number of carbonyl (C=O) groups is 1. The normalized spacial score (nSPS) is 11.9. The minimum absolute atomic E-state index is 0.219. The number of aromatic nitrogens is 2. The number of hydrogen-bond donors (Lipinski definition) is 0. The molecule has 2 aromatic heterocycles. The lowest BCUT2D eigenvalue weighted by Gasteiger charge is -2.07. The molecule has 3 rings (SSSR count). The number of amides is 1. The highest BCUT2D eigenvalue weighted by Crippen LogP contribution is 2.21. The molecule has 0 saturated carbocycles. The smallest absolute Gasteiger partial charge is 0.290 e. The summed E-state index contributed by atoms with van der Waals surface area (Å²) in [5.74, 6) is 0.297. The molecule has 0 aliphatic carbocycles. The summed E-state index contributed by atoms with van der Waals surface area (Å²) in [6.45, 7) is 6.86. The number of rotatable bonds is 5. The summed E-state index contributed by atoms with van der Waals surface area (Å²) in [6, 6.07) is 15.9. The second-order valence-electron chi connectivity index (χ2n) is 6.71. The fourth-order valence-electron chi connectivity index (χ4n) is 2.72. The molecule has 1 amide bonds. The van der Waals surface area contributed by atoms with Crippen LogP contribution >= 0.6 is 11.3 Å². The minimum atomic E-state index is -0.219. The molecule has 5 heteroatoms. The predicted molar refractivity (Wildman–Crippen MR) is 105 cm³/mol. The number of hydrogen-bond acceptors (Lipinski definition) is 3. The molecule has 0 fully saturated rings. The maximum atomic E-state index is 12.7. The largest absolute Gasteiger partial charge is 0.328 e. The van der Waals surface area contributed by atoms with Crippen LogP contribution in [0.15, 0.2) is 59.7 Å². The molecule has 0 aliphatic rings. The fourth-order valence-corrected chi connectivity index (χ4v) is 3.89. The summed E-state index contributed by atoms with van der Waals surface area (Å²) in [5.41, 5.74) is 2.59. The van der Waals surface area contributed by atoms with Crippen LogP contribution in [0.5, 0.6) is 0 Å². The van der Waals surface area contributed by atoms with Crippen molar-refractivity contribution in [2.75, 3.05) is 0 Å². The second kappa shape index (κ2) is 8.23. The van der Waals surface area contributed by atoms with Gasteiger partial charge >= 0.3 is 0 Å². The SMILES string of the molecule is Cc1nc(CC(C)C)sc1C(=O)N=c1ccccn1Cc1ccccc1. The minimum Gasteiger partial charge on any atom is -0.328 e. The number of carbonyl (C=O) groups excluding carboxylic acids is 1. The van der Waals surface area contributed by atoms with E-state index in [-0.39, 0.29) is 5.91 Å². The van der Waals surface area contributed by atoms with Crippen molar-refractivity contribution >= 4 is 17.2 Å². The molecule has 2 heterocycles. The third-order valence-electron chi connectivity index (χ3n) is 3.95. The monoisotopic (exact) mass is 365 g/mol. The van der Waals surface area contributed by atoms with Crippen molar-refractivity contribution in [3.8, 4) is 0 Å². The molecular formula is C21H23N3OS. The van der Waals surface area contributed by atoms with E-state index in [1.807, 2.05) is 54.1 Å². The lowest BCUT2D eigenvalue weighted by molar-refractivity contribution is 0.1000. The van der Waals surface area contributed by atoms with E-state index in [2.05, 4.69) is 36.0 Å². The Morgan fingerprint density at radius 3 is 2.62 bits per heavy atom. The van der Waals surface area contributed by atoms with Gasteiger partial charge in [0, 0.05) is 19.2 Å². The Hall–Kier alpha value is -2.53. The van der Waals surface area contributed by atoms with E-state index in [0.29, 0.717) is 22.8 Å². The van der Waals surface area contributed by atoms with Crippen LogP contribution in [-0.2, 0) is 13.0 Å². The van der Waals surface area contributed by atoms with Gasteiger partial charge in [-0.05, 0) is 30.5 Å². The van der Waals surface area contributed by atoms with Crippen LogP contribution in [-0.4, -0.2) is 15.5 Å². The van der Waals surface area contributed by atoms with Gasteiger partial charge in [0.15, 0.2) is 0 Å². The summed E-state index contributed by atoms with van der Waals surface area (Å²) in [7, 11) is 0. The zero-order chi connectivity index (χ0) is 18.5. The molecule has 0 N–H and O–H groups in total. The number of thiazole rings is 1. The molecule has 0 unspecified atom stereocenters. The van der Waals surface area contributed by atoms with Crippen molar-refractivity contribution in [2.24, 2.45) is 10.9 Å². The maximum Gasteiger partial charge on any atom is 0.290 e. The fraction of sp³-hybridized carbons (Fsp3) is 0.286. The number of pyridine rings is 1. The van der Waals surface area contributed by atoms with E-state index in [0.717, 1.165) is 17.1 Å². The Balaban J connectivity index is 1.90. The lowest BCUT2D eigenvalue weighted by atomic mass is 10.1. The zero-order valence-electron chi connectivity index (χ0n) is 15.3. The third kappa shape index (κ3) is 4.55. The van der Waals surface area contributed by atoms with E-state index < -0.39 is 0 Å². The highest BCUT2D eigenvalue weighted by Gasteiger charge is 2.15. The summed E-state index contributed by atoms with van der Waals surface area (Å²) >= 11 is 1.46. The molecule has 0 atom stereocenters. The Morgan fingerprint density at radius 1 is 1.15 bits per heavy atom. The average molecular weight is 366 g/mol. The van der Waals surface area contributed by atoms with Gasteiger partial charge in [-0.2, -0.15) is 4.99 Å². The van der Waals surface area contributed by atoms with Gasteiger partial charge in [0.25, 0.3) is 5.91 Å². The van der Waals surface area contributed by atoms with E-state index in [4.69, 9.17) is 0 Å². The first-order valence-electron chi connectivity index (χ1n) is 8.77. The average Bonchev–Trinajstić information content (AvgIpc) is 2.97. The Morgan fingerprint density at radius 2 is 1.88 bits per heavy atom. The van der Waals surface area contributed by atoms with E-state index >= 15 is 0 Å². The highest BCUT2D eigenvalue weighted by atomic mass is 32.1. The van der Waals surface area contributed by atoms with E-state index in [1.54, 1.807) is 0 Å². The van der Waals surface area contributed by atoms with E-state index in [9.17, 15) is 4.79 Å². The predicted octanol–water partition coefficient (Wildman–Crippen LogP) is 4.24. The van der Waals surface area contributed by atoms with Gasteiger partial charge in [-0.25, -0.2) is 4.98 Å². The molecule has 0 spiro atoms. The molecule has 134 valence electrons. The van der Waals surface area contributed by atoms with Crippen molar-refractivity contribution in [3.05, 3.63) is 81.4 Å². The molecule has 1 aromatic carbocycles. The standard InChI is InChI=1S/C21H23N3OS/c1-15(2)13-19-22-16(3)20(26-19)21(25)23-18-11-7-8-12-24(18)14-17-9-5-4-6-10-17/h4-12,15H,13-14H2,1-3H3. The molecule has 4 nitrogen and oxygen atoms in total. The molecule has 0 saturated heterocycles. The van der Waals surface area contributed by atoms with Crippen LogP contribution in [0.3, 0.4) is 0 Å². The topological polar surface area (TPSA) is 47.2 Å². The molecule has 0 aliphatic heterocycles. The molecule has 26 heavy (non-hydrogen) atoms. The van der Waals surface area contributed by atoms with Gasteiger partial charge in [-0.3, -0.25) is 4.79 Å². The van der Waals surface area contributed by atoms with Gasteiger partial charge in [0.2, 0.25) is 0 Å². The first-order valence-corrected chi connectivity index (χ1v) is 9.59. The summed E-state index contributed by atoms with van der Waals surface area (Å²) in [4.78, 5) is 22.3. The van der Waals surface area contributed by atoms with Crippen LogP contribution in [0.2, 0.25) is 0 Å². The number of aryl methyl sites for hydroxylation is 1.